The Morgan fingerprint density at radius 3 is 2.47 bits per heavy atom. The molecule has 2 rings (SSSR count). The normalized spacial score (nSPS) is 9.95. The van der Waals surface area contributed by atoms with E-state index in [2.05, 4.69) is 0 Å². The summed E-state index contributed by atoms with van der Waals surface area (Å²) in [6, 6.07) is 5.37. The summed E-state index contributed by atoms with van der Waals surface area (Å²) in [5.41, 5.74) is 1.26. The minimum absolute atomic E-state index is 0.214. The fourth-order valence-electron chi connectivity index (χ4n) is 1.73. The number of thioether (sulfide) groups is 1. The van der Waals surface area contributed by atoms with Gasteiger partial charge < -0.3 is 4.74 Å². The maximum Gasteiger partial charge on any atom is 0.335 e. The van der Waals surface area contributed by atoms with Crippen LogP contribution in [0.2, 0.25) is 0 Å². The Hall–Kier alpha value is -1.69. The van der Waals surface area contributed by atoms with Crippen LogP contribution in [0.1, 0.15) is 13.8 Å². The standard InChI is InChI=1S/C11H13N3O2S.C2H6/c1-13-9-6-7(16-2)4-5-8(9)14(11(13)15)10(12)17-3;1-2/h4-6,12H,1-3H3;1-2H3. The summed E-state index contributed by atoms with van der Waals surface area (Å²) in [5, 5.41) is 8.01. The van der Waals surface area contributed by atoms with Gasteiger partial charge in [-0.2, -0.15) is 0 Å². The molecule has 5 nitrogen and oxygen atoms in total. The number of aromatic nitrogens is 2. The Labute approximate surface area is 116 Å². The number of methoxy groups -OCH3 is 1. The molecule has 1 N–H and O–H groups in total. The molecule has 0 aliphatic heterocycles. The third-order valence-corrected chi connectivity index (χ3v) is 3.23. The number of benzene rings is 1. The topological polar surface area (TPSA) is 60.0 Å². The van der Waals surface area contributed by atoms with E-state index in [4.69, 9.17) is 10.1 Å². The molecule has 6 heteroatoms. The minimum atomic E-state index is -0.215. The molecule has 0 aliphatic rings. The first-order valence-electron chi connectivity index (χ1n) is 5.98. The van der Waals surface area contributed by atoms with E-state index < -0.39 is 0 Å². The summed E-state index contributed by atoms with van der Waals surface area (Å²) < 4.78 is 8.03. The third-order valence-electron chi connectivity index (χ3n) is 2.66. The van der Waals surface area contributed by atoms with Crippen LogP contribution in [0.4, 0.5) is 0 Å². The van der Waals surface area contributed by atoms with Crippen LogP contribution in [-0.2, 0) is 7.05 Å². The van der Waals surface area contributed by atoms with Crippen LogP contribution in [0.3, 0.4) is 0 Å². The molecule has 1 heterocycles. The van der Waals surface area contributed by atoms with Crippen molar-refractivity contribution in [1.82, 2.24) is 9.13 Å². The summed E-state index contributed by atoms with van der Waals surface area (Å²) >= 11 is 1.23. The lowest BCUT2D eigenvalue weighted by Crippen LogP contribution is -2.25. The number of ether oxygens (including phenoxy) is 1. The number of aryl methyl sites for hydroxylation is 1. The Kier molecular flexibility index (Phi) is 5.23. The van der Waals surface area contributed by atoms with Crippen molar-refractivity contribution in [3.8, 4) is 5.75 Å². The van der Waals surface area contributed by atoms with E-state index >= 15 is 0 Å². The molecule has 104 valence electrons. The lowest BCUT2D eigenvalue weighted by Gasteiger charge is -2.02. The van der Waals surface area contributed by atoms with Crippen molar-refractivity contribution in [2.24, 2.45) is 7.05 Å². The molecule has 0 radical (unpaired) electrons. The molecule has 0 amide bonds. The molecule has 1 aromatic carbocycles. The van der Waals surface area contributed by atoms with Gasteiger partial charge in [0.05, 0.1) is 18.1 Å². The molecule has 19 heavy (non-hydrogen) atoms. The lowest BCUT2D eigenvalue weighted by molar-refractivity contribution is 0.415. The number of hydrogen-bond donors (Lipinski definition) is 1. The van der Waals surface area contributed by atoms with Gasteiger partial charge in [-0.1, -0.05) is 25.6 Å². The van der Waals surface area contributed by atoms with E-state index in [1.807, 2.05) is 13.8 Å². The zero-order valence-corrected chi connectivity index (χ0v) is 12.7. The first kappa shape index (κ1) is 15.4. The number of nitrogens with zero attached hydrogens (tertiary/aromatic N) is 2. The average molecular weight is 281 g/mol. The van der Waals surface area contributed by atoms with Gasteiger partial charge in [-0.05, 0) is 18.4 Å². The molecule has 0 unspecified atom stereocenters. The van der Waals surface area contributed by atoms with Gasteiger partial charge in [0.1, 0.15) is 5.75 Å². The SMILES string of the molecule is CC.COc1ccc2c(c1)n(C)c(=O)n2C(=N)SC. The number of rotatable bonds is 1. The van der Waals surface area contributed by atoms with Crippen LogP contribution in [0, 0.1) is 5.41 Å². The van der Waals surface area contributed by atoms with E-state index in [0.29, 0.717) is 5.75 Å². The smallest absolute Gasteiger partial charge is 0.335 e. The number of nitrogens with one attached hydrogen (secondary N) is 1. The Morgan fingerprint density at radius 2 is 1.95 bits per heavy atom. The molecule has 2 aromatic rings. The van der Waals surface area contributed by atoms with Gasteiger partial charge >= 0.3 is 5.69 Å². The quantitative estimate of drug-likeness (QED) is 0.645. The van der Waals surface area contributed by atoms with Crippen LogP contribution in [0.5, 0.6) is 5.75 Å². The van der Waals surface area contributed by atoms with Gasteiger partial charge in [-0.3, -0.25) is 9.98 Å². The van der Waals surface area contributed by atoms with Gasteiger partial charge in [0.15, 0.2) is 5.17 Å². The van der Waals surface area contributed by atoms with Gasteiger partial charge in [-0.15, -0.1) is 0 Å². The van der Waals surface area contributed by atoms with Crippen molar-refractivity contribution in [1.29, 1.82) is 5.41 Å². The highest BCUT2D eigenvalue weighted by atomic mass is 32.2. The van der Waals surface area contributed by atoms with Crippen LogP contribution in [0.25, 0.3) is 11.0 Å². The summed E-state index contributed by atoms with van der Waals surface area (Å²) in [6.07, 6.45) is 1.77. The highest BCUT2D eigenvalue weighted by Crippen LogP contribution is 2.20. The summed E-state index contributed by atoms with van der Waals surface area (Å²) in [4.78, 5) is 12.0. The first-order valence-corrected chi connectivity index (χ1v) is 7.21. The highest BCUT2D eigenvalue weighted by Gasteiger charge is 2.14. The fraction of sp³-hybridized carbons (Fsp3) is 0.385. The van der Waals surface area contributed by atoms with Crippen molar-refractivity contribution in [3.05, 3.63) is 28.7 Å². The second-order valence-corrected chi connectivity index (χ2v) is 4.34. The predicted octanol–water partition coefficient (Wildman–Crippen LogP) is 2.52. The van der Waals surface area contributed by atoms with Gasteiger partial charge in [0, 0.05) is 13.1 Å². The summed E-state index contributed by atoms with van der Waals surface area (Å²) in [5.74, 6) is 0.695. The molecule has 0 saturated heterocycles. The zero-order chi connectivity index (χ0) is 14.6. The maximum absolute atomic E-state index is 12.0. The van der Waals surface area contributed by atoms with Crippen LogP contribution in [-0.4, -0.2) is 27.7 Å². The second kappa shape index (κ2) is 6.47. The van der Waals surface area contributed by atoms with Crippen LogP contribution in [0.15, 0.2) is 23.0 Å². The second-order valence-electron chi connectivity index (χ2n) is 3.54. The lowest BCUT2D eigenvalue weighted by atomic mass is 10.3. The molecule has 0 atom stereocenters. The molecule has 0 saturated carbocycles. The third kappa shape index (κ3) is 2.68. The van der Waals surface area contributed by atoms with E-state index in [1.165, 1.54) is 20.9 Å². The maximum atomic E-state index is 12.0. The first-order chi connectivity index (χ1) is 9.10. The van der Waals surface area contributed by atoms with Crippen molar-refractivity contribution in [2.45, 2.75) is 13.8 Å². The Morgan fingerprint density at radius 1 is 1.32 bits per heavy atom. The number of imidazole rings is 1. The molecule has 0 aliphatic carbocycles. The Balaban J connectivity index is 0.000000861. The van der Waals surface area contributed by atoms with Crippen LogP contribution < -0.4 is 10.4 Å². The largest absolute Gasteiger partial charge is 0.497 e. The summed E-state index contributed by atoms with van der Waals surface area (Å²) in [6.45, 7) is 4.00. The number of fused-ring (bicyclic) bond motifs is 1. The van der Waals surface area contributed by atoms with Gasteiger partial charge in [0.2, 0.25) is 0 Å². The molecule has 1 aromatic heterocycles. The van der Waals surface area contributed by atoms with Crippen molar-refractivity contribution < 1.29 is 4.74 Å². The zero-order valence-electron chi connectivity index (χ0n) is 11.9. The van der Waals surface area contributed by atoms with Crippen LogP contribution >= 0.6 is 11.8 Å². The highest BCUT2D eigenvalue weighted by molar-refractivity contribution is 8.13. The Bertz CT molecular complexity index is 643. The molecular formula is C13H19N3O2S. The fourth-order valence-corrected chi connectivity index (χ4v) is 2.09. The van der Waals surface area contributed by atoms with E-state index in [0.717, 1.165) is 11.0 Å². The molecule has 0 bridgehead atoms. The molecule has 0 fully saturated rings. The van der Waals surface area contributed by atoms with Crippen molar-refractivity contribution in [3.63, 3.8) is 0 Å². The molecular weight excluding hydrogens is 262 g/mol. The van der Waals surface area contributed by atoms with Crippen molar-refractivity contribution in [2.75, 3.05) is 13.4 Å². The average Bonchev–Trinajstić information content (AvgIpc) is 2.72. The monoisotopic (exact) mass is 281 g/mol. The molecule has 0 spiro atoms. The van der Waals surface area contributed by atoms with E-state index in [9.17, 15) is 4.79 Å². The van der Waals surface area contributed by atoms with E-state index in [1.54, 1.807) is 38.6 Å². The predicted molar refractivity (Wildman–Crippen MR) is 81.7 cm³/mol. The van der Waals surface area contributed by atoms with E-state index in [-0.39, 0.29) is 10.9 Å². The number of hydrogen-bond acceptors (Lipinski definition) is 4. The summed E-state index contributed by atoms with van der Waals surface area (Å²) in [7, 11) is 3.27. The minimum Gasteiger partial charge on any atom is -0.497 e. The van der Waals surface area contributed by atoms with Gasteiger partial charge in [-0.25, -0.2) is 9.36 Å². The van der Waals surface area contributed by atoms with Gasteiger partial charge in [0.25, 0.3) is 0 Å². The van der Waals surface area contributed by atoms with Crippen molar-refractivity contribution >= 4 is 28.0 Å².